The van der Waals surface area contributed by atoms with Crippen molar-refractivity contribution in [1.82, 2.24) is 0 Å². The van der Waals surface area contributed by atoms with E-state index < -0.39 is 11.6 Å². The van der Waals surface area contributed by atoms with E-state index in [9.17, 15) is 13.6 Å². The van der Waals surface area contributed by atoms with Crippen molar-refractivity contribution in [3.05, 3.63) is 54.1 Å². The molecule has 0 saturated carbocycles. The van der Waals surface area contributed by atoms with Crippen molar-refractivity contribution in [3.8, 4) is 0 Å². The first-order valence-corrected chi connectivity index (χ1v) is 8.34. The van der Waals surface area contributed by atoms with E-state index in [0.717, 1.165) is 41.4 Å². The number of carbonyl (C=O) groups excluding carboxylic acids is 1. The molecule has 1 N–H and O–H groups in total. The lowest BCUT2D eigenvalue weighted by Crippen LogP contribution is -2.34. The summed E-state index contributed by atoms with van der Waals surface area (Å²) >= 11 is 1.77. The second kappa shape index (κ2) is 7.00. The van der Waals surface area contributed by atoms with Crippen LogP contribution in [-0.4, -0.2) is 24.7 Å². The maximum atomic E-state index is 13.6. The number of hydrogen-bond donors (Lipinski definition) is 1. The predicted molar refractivity (Wildman–Crippen MR) is 89.0 cm³/mol. The molecule has 0 spiro atoms. The molecular formula is C17H16F2N2OS. The van der Waals surface area contributed by atoms with Gasteiger partial charge in [0.15, 0.2) is 0 Å². The minimum Gasteiger partial charge on any atom is -0.361 e. The summed E-state index contributed by atoms with van der Waals surface area (Å²) in [7, 11) is 0. The van der Waals surface area contributed by atoms with Gasteiger partial charge in [0.1, 0.15) is 11.6 Å². The zero-order valence-corrected chi connectivity index (χ0v) is 13.2. The average Bonchev–Trinajstić information content (AvgIpc) is 2.73. The molecular weight excluding hydrogens is 318 g/mol. The first-order valence-electron chi connectivity index (χ1n) is 7.35. The lowest BCUT2D eigenvalue weighted by Gasteiger charge is -2.23. The van der Waals surface area contributed by atoms with Crippen LogP contribution in [0.2, 0.25) is 0 Å². The van der Waals surface area contributed by atoms with Gasteiger partial charge >= 0.3 is 0 Å². The van der Waals surface area contributed by atoms with E-state index in [4.69, 9.17) is 0 Å². The molecule has 1 aliphatic heterocycles. The molecule has 0 atom stereocenters. The van der Waals surface area contributed by atoms with Gasteiger partial charge in [-0.15, -0.1) is 11.8 Å². The van der Waals surface area contributed by atoms with Crippen molar-refractivity contribution < 1.29 is 13.6 Å². The fraction of sp³-hybridized carbons (Fsp3) is 0.235. The van der Waals surface area contributed by atoms with Crippen LogP contribution < -0.4 is 10.2 Å². The number of amides is 1. The minimum absolute atomic E-state index is 0.00566. The van der Waals surface area contributed by atoms with Gasteiger partial charge in [0.25, 0.3) is 0 Å². The Labute approximate surface area is 137 Å². The van der Waals surface area contributed by atoms with Crippen molar-refractivity contribution in [2.24, 2.45) is 0 Å². The monoisotopic (exact) mass is 334 g/mol. The number of carbonyl (C=O) groups is 1. The SMILES string of the molecule is O=C(CN1CCCSc2ccccc21)Nc1ccc(F)cc1F. The molecule has 3 nitrogen and oxygen atoms in total. The first kappa shape index (κ1) is 15.8. The highest BCUT2D eigenvalue weighted by molar-refractivity contribution is 7.99. The van der Waals surface area contributed by atoms with Gasteiger partial charge in [-0.25, -0.2) is 8.78 Å². The molecule has 0 aromatic heterocycles. The molecule has 0 saturated heterocycles. The minimum atomic E-state index is -0.773. The quantitative estimate of drug-likeness (QED) is 0.924. The number of rotatable bonds is 3. The van der Waals surface area contributed by atoms with Gasteiger partial charge < -0.3 is 10.2 Å². The van der Waals surface area contributed by atoms with Crippen LogP contribution in [0.15, 0.2) is 47.4 Å². The van der Waals surface area contributed by atoms with Crippen LogP contribution >= 0.6 is 11.8 Å². The Kier molecular flexibility index (Phi) is 4.81. The van der Waals surface area contributed by atoms with Gasteiger partial charge in [-0.2, -0.15) is 0 Å². The molecule has 3 rings (SSSR count). The Balaban J connectivity index is 1.72. The second-order valence-electron chi connectivity index (χ2n) is 5.26. The third kappa shape index (κ3) is 3.82. The Morgan fingerprint density at radius 3 is 2.87 bits per heavy atom. The molecule has 0 radical (unpaired) electrons. The molecule has 1 amide bonds. The molecule has 23 heavy (non-hydrogen) atoms. The Morgan fingerprint density at radius 2 is 2.04 bits per heavy atom. The lowest BCUT2D eigenvalue weighted by molar-refractivity contribution is -0.115. The van der Waals surface area contributed by atoms with E-state index in [1.165, 1.54) is 6.07 Å². The summed E-state index contributed by atoms with van der Waals surface area (Å²) in [6.07, 6.45) is 0.970. The van der Waals surface area contributed by atoms with Crippen LogP contribution in [0.3, 0.4) is 0 Å². The number of fused-ring (bicyclic) bond motifs is 1. The highest BCUT2D eigenvalue weighted by Crippen LogP contribution is 2.33. The number of hydrogen-bond acceptors (Lipinski definition) is 3. The van der Waals surface area contributed by atoms with E-state index in [1.807, 2.05) is 29.2 Å². The Hall–Kier alpha value is -2.08. The zero-order chi connectivity index (χ0) is 16.2. The van der Waals surface area contributed by atoms with Gasteiger partial charge in [-0.3, -0.25) is 4.79 Å². The van der Waals surface area contributed by atoms with Gasteiger partial charge in [0, 0.05) is 17.5 Å². The summed E-state index contributed by atoms with van der Waals surface area (Å²) in [5, 5.41) is 2.51. The third-order valence-electron chi connectivity index (χ3n) is 3.58. The highest BCUT2D eigenvalue weighted by atomic mass is 32.2. The molecule has 0 unspecified atom stereocenters. The number of nitrogens with zero attached hydrogens (tertiary/aromatic N) is 1. The normalized spacial score (nSPS) is 14.1. The van der Waals surface area contributed by atoms with Crippen molar-refractivity contribution in [2.75, 3.05) is 29.1 Å². The number of anilines is 2. The predicted octanol–water partition coefficient (Wildman–Crippen LogP) is 3.91. The van der Waals surface area contributed by atoms with E-state index in [-0.39, 0.29) is 18.1 Å². The molecule has 6 heteroatoms. The number of thioether (sulfide) groups is 1. The molecule has 0 bridgehead atoms. The van der Waals surface area contributed by atoms with E-state index in [2.05, 4.69) is 5.32 Å². The number of nitrogens with one attached hydrogen (secondary N) is 1. The smallest absolute Gasteiger partial charge is 0.243 e. The Morgan fingerprint density at radius 1 is 1.22 bits per heavy atom. The number of benzene rings is 2. The van der Waals surface area contributed by atoms with Gasteiger partial charge in [0.05, 0.1) is 17.9 Å². The van der Waals surface area contributed by atoms with Crippen molar-refractivity contribution >= 4 is 29.0 Å². The van der Waals surface area contributed by atoms with Gasteiger partial charge in [0.2, 0.25) is 5.91 Å². The summed E-state index contributed by atoms with van der Waals surface area (Å²) in [5.74, 6) is -0.761. The molecule has 0 fully saturated rings. The second-order valence-corrected chi connectivity index (χ2v) is 6.40. The van der Waals surface area contributed by atoms with Crippen LogP contribution in [0.25, 0.3) is 0 Å². The molecule has 0 aliphatic carbocycles. The van der Waals surface area contributed by atoms with Gasteiger partial charge in [-0.1, -0.05) is 12.1 Å². The molecule has 2 aromatic rings. The van der Waals surface area contributed by atoms with Crippen LogP contribution in [-0.2, 0) is 4.79 Å². The van der Waals surface area contributed by atoms with Crippen LogP contribution in [0.5, 0.6) is 0 Å². The van der Waals surface area contributed by atoms with Crippen LogP contribution in [0.4, 0.5) is 20.2 Å². The number of halogens is 2. The number of para-hydroxylation sites is 1. The maximum absolute atomic E-state index is 13.6. The van der Waals surface area contributed by atoms with Crippen molar-refractivity contribution in [1.29, 1.82) is 0 Å². The van der Waals surface area contributed by atoms with Crippen molar-refractivity contribution in [3.63, 3.8) is 0 Å². The largest absolute Gasteiger partial charge is 0.361 e. The lowest BCUT2D eigenvalue weighted by atomic mass is 10.2. The molecule has 2 aromatic carbocycles. The topological polar surface area (TPSA) is 32.3 Å². The highest BCUT2D eigenvalue weighted by Gasteiger charge is 2.18. The Bertz CT molecular complexity index is 723. The van der Waals surface area contributed by atoms with E-state index in [0.29, 0.717) is 0 Å². The van der Waals surface area contributed by atoms with Gasteiger partial charge in [-0.05, 0) is 36.4 Å². The molecule has 120 valence electrons. The van der Waals surface area contributed by atoms with Crippen molar-refractivity contribution in [2.45, 2.75) is 11.3 Å². The third-order valence-corrected chi connectivity index (χ3v) is 4.72. The fourth-order valence-electron chi connectivity index (χ4n) is 2.52. The standard InChI is InChI=1S/C17H16F2N2OS/c18-12-6-7-14(13(19)10-12)20-17(22)11-21-8-3-9-23-16-5-2-1-4-15(16)21/h1-2,4-7,10H,3,8-9,11H2,(H,20,22). The summed E-state index contributed by atoms with van der Waals surface area (Å²) in [4.78, 5) is 15.4. The first-order chi connectivity index (χ1) is 11.1. The molecule has 1 heterocycles. The summed E-state index contributed by atoms with van der Waals surface area (Å²) in [5.41, 5.74) is 1.01. The average molecular weight is 334 g/mol. The molecule has 1 aliphatic rings. The van der Waals surface area contributed by atoms with E-state index >= 15 is 0 Å². The zero-order valence-electron chi connectivity index (χ0n) is 12.4. The maximum Gasteiger partial charge on any atom is 0.243 e. The fourth-order valence-corrected chi connectivity index (χ4v) is 3.53. The summed E-state index contributed by atoms with van der Waals surface area (Å²) in [6, 6.07) is 11.0. The van der Waals surface area contributed by atoms with Crippen LogP contribution in [0, 0.1) is 11.6 Å². The summed E-state index contributed by atoms with van der Waals surface area (Å²) in [6.45, 7) is 0.901. The van der Waals surface area contributed by atoms with E-state index in [1.54, 1.807) is 11.8 Å². The summed E-state index contributed by atoms with van der Waals surface area (Å²) < 4.78 is 26.5. The van der Waals surface area contributed by atoms with Crippen LogP contribution in [0.1, 0.15) is 6.42 Å².